The lowest BCUT2D eigenvalue weighted by atomic mass is 10.1. The molecule has 3 nitrogen and oxygen atoms in total. The van der Waals surface area contributed by atoms with Crippen molar-refractivity contribution in [2.75, 3.05) is 0 Å². The number of halogens is 1. The second kappa shape index (κ2) is 5.98. The first-order valence-electron chi connectivity index (χ1n) is 7.11. The van der Waals surface area contributed by atoms with Crippen LogP contribution in [-0.2, 0) is 6.54 Å². The summed E-state index contributed by atoms with van der Waals surface area (Å²) in [5.74, 6) is 0.0903. The molecule has 0 radical (unpaired) electrons. The number of amides is 1. The largest absolute Gasteiger partial charge is 0.330 e. The Morgan fingerprint density at radius 3 is 2.76 bits per heavy atom. The van der Waals surface area contributed by atoms with Gasteiger partial charge in [-0.2, -0.15) is 0 Å². The van der Waals surface area contributed by atoms with Gasteiger partial charge in [0.15, 0.2) is 0 Å². The van der Waals surface area contributed by atoms with Gasteiger partial charge in [0.05, 0.1) is 12.2 Å². The number of benzene rings is 1. The summed E-state index contributed by atoms with van der Waals surface area (Å²) in [6.07, 6.45) is 3.95. The average molecular weight is 345 g/mol. The summed E-state index contributed by atoms with van der Waals surface area (Å²) in [6, 6.07) is 12.0. The second-order valence-corrected chi connectivity index (χ2v) is 6.42. The molecule has 1 aliphatic rings. The first-order chi connectivity index (χ1) is 10.1. The number of pyridine rings is 1. The number of hydrogen-bond acceptors (Lipinski definition) is 2. The molecule has 0 N–H and O–H groups in total. The molecule has 3 rings (SSSR count). The third kappa shape index (κ3) is 3.50. The van der Waals surface area contributed by atoms with E-state index in [2.05, 4.69) is 20.9 Å². The number of aromatic nitrogens is 1. The zero-order valence-electron chi connectivity index (χ0n) is 11.9. The van der Waals surface area contributed by atoms with Crippen LogP contribution in [0.1, 0.15) is 34.5 Å². The molecule has 2 aromatic rings. The van der Waals surface area contributed by atoms with Gasteiger partial charge in [0, 0.05) is 22.3 Å². The zero-order valence-corrected chi connectivity index (χ0v) is 13.5. The molecule has 0 bridgehead atoms. The molecular formula is C17H17BrN2O. The smallest absolute Gasteiger partial charge is 0.254 e. The van der Waals surface area contributed by atoms with E-state index in [9.17, 15) is 4.79 Å². The van der Waals surface area contributed by atoms with Gasteiger partial charge in [0.2, 0.25) is 0 Å². The highest BCUT2D eigenvalue weighted by Gasteiger charge is 2.33. The Bertz CT molecular complexity index is 633. The van der Waals surface area contributed by atoms with E-state index in [4.69, 9.17) is 0 Å². The summed E-state index contributed by atoms with van der Waals surface area (Å²) < 4.78 is 0.944. The third-order valence-corrected chi connectivity index (χ3v) is 4.05. The highest BCUT2D eigenvalue weighted by atomic mass is 79.9. The van der Waals surface area contributed by atoms with Crippen molar-refractivity contribution in [1.82, 2.24) is 9.88 Å². The van der Waals surface area contributed by atoms with Crippen molar-refractivity contribution in [3.63, 3.8) is 0 Å². The lowest BCUT2D eigenvalue weighted by Crippen LogP contribution is -2.33. The van der Waals surface area contributed by atoms with Crippen molar-refractivity contribution >= 4 is 21.8 Å². The standard InChI is InChI=1S/C17H17BrN2O/c1-12-8-13(10-14(18)9-12)17(21)20(16-5-6-16)11-15-4-2-3-7-19-15/h2-4,7-10,16H,5-6,11H2,1H3. The number of aryl methyl sites for hydroxylation is 1. The van der Waals surface area contributed by atoms with E-state index in [-0.39, 0.29) is 5.91 Å². The predicted molar refractivity (Wildman–Crippen MR) is 86.0 cm³/mol. The van der Waals surface area contributed by atoms with Crippen LogP contribution < -0.4 is 0 Å². The first kappa shape index (κ1) is 14.3. The van der Waals surface area contributed by atoms with Crippen LogP contribution in [0, 0.1) is 6.92 Å². The molecule has 1 aliphatic carbocycles. The molecule has 1 aromatic carbocycles. The number of carbonyl (C=O) groups is 1. The average Bonchev–Trinajstić information content (AvgIpc) is 3.29. The normalized spacial score (nSPS) is 14.0. The zero-order chi connectivity index (χ0) is 14.8. The summed E-state index contributed by atoms with van der Waals surface area (Å²) in [5, 5.41) is 0. The van der Waals surface area contributed by atoms with Crippen molar-refractivity contribution < 1.29 is 4.79 Å². The van der Waals surface area contributed by atoms with Gasteiger partial charge < -0.3 is 4.90 Å². The maximum atomic E-state index is 12.8. The van der Waals surface area contributed by atoms with Crippen LogP contribution in [0.15, 0.2) is 47.1 Å². The van der Waals surface area contributed by atoms with Crippen LogP contribution in [-0.4, -0.2) is 21.8 Å². The summed E-state index contributed by atoms with van der Waals surface area (Å²) in [4.78, 5) is 19.1. The van der Waals surface area contributed by atoms with Crippen molar-refractivity contribution in [1.29, 1.82) is 0 Å². The highest BCUT2D eigenvalue weighted by Crippen LogP contribution is 2.30. The third-order valence-electron chi connectivity index (χ3n) is 3.60. The molecule has 0 atom stereocenters. The van der Waals surface area contributed by atoms with E-state index < -0.39 is 0 Å². The molecule has 108 valence electrons. The van der Waals surface area contributed by atoms with E-state index in [1.54, 1.807) is 6.20 Å². The van der Waals surface area contributed by atoms with Crippen LogP contribution in [0.4, 0.5) is 0 Å². The topological polar surface area (TPSA) is 33.2 Å². The summed E-state index contributed by atoms with van der Waals surface area (Å²) in [7, 11) is 0. The molecule has 21 heavy (non-hydrogen) atoms. The Labute approximate surface area is 133 Å². The number of carbonyl (C=O) groups excluding carboxylic acids is 1. The van der Waals surface area contributed by atoms with Crippen molar-refractivity contribution in [2.24, 2.45) is 0 Å². The van der Waals surface area contributed by atoms with Crippen LogP contribution >= 0.6 is 15.9 Å². The van der Waals surface area contributed by atoms with Crippen molar-refractivity contribution in [2.45, 2.75) is 32.4 Å². The molecule has 4 heteroatoms. The lowest BCUT2D eigenvalue weighted by molar-refractivity contribution is 0.0727. The predicted octanol–water partition coefficient (Wildman–Crippen LogP) is 3.96. The van der Waals surface area contributed by atoms with Gasteiger partial charge in [-0.1, -0.05) is 22.0 Å². The van der Waals surface area contributed by atoms with Crippen LogP contribution in [0.25, 0.3) is 0 Å². The fraction of sp³-hybridized carbons (Fsp3) is 0.294. The fourth-order valence-corrected chi connectivity index (χ4v) is 3.05. The molecule has 0 aliphatic heterocycles. The SMILES string of the molecule is Cc1cc(Br)cc(C(=O)N(Cc2ccccn2)C2CC2)c1. The van der Waals surface area contributed by atoms with Gasteiger partial charge in [-0.05, 0) is 55.7 Å². The Hall–Kier alpha value is -1.68. The molecule has 0 spiro atoms. The van der Waals surface area contributed by atoms with Crippen LogP contribution in [0.2, 0.25) is 0 Å². The molecule has 1 aromatic heterocycles. The number of nitrogens with zero attached hydrogens (tertiary/aromatic N) is 2. The van der Waals surface area contributed by atoms with Crippen molar-refractivity contribution in [3.05, 3.63) is 63.9 Å². The minimum absolute atomic E-state index is 0.0903. The maximum absolute atomic E-state index is 12.8. The number of hydrogen-bond donors (Lipinski definition) is 0. The number of rotatable bonds is 4. The molecule has 1 heterocycles. The lowest BCUT2D eigenvalue weighted by Gasteiger charge is -2.22. The van der Waals surface area contributed by atoms with E-state index >= 15 is 0 Å². The fourth-order valence-electron chi connectivity index (χ4n) is 2.44. The quantitative estimate of drug-likeness (QED) is 0.840. The van der Waals surface area contributed by atoms with Gasteiger partial charge in [-0.15, -0.1) is 0 Å². The summed E-state index contributed by atoms with van der Waals surface area (Å²) in [6.45, 7) is 2.58. The molecule has 1 amide bonds. The Kier molecular flexibility index (Phi) is 4.06. The summed E-state index contributed by atoms with van der Waals surface area (Å²) in [5.41, 5.74) is 2.76. The van der Waals surface area contributed by atoms with Gasteiger partial charge in [0.1, 0.15) is 0 Å². The Balaban J connectivity index is 1.85. The maximum Gasteiger partial charge on any atom is 0.254 e. The second-order valence-electron chi connectivity index (χ2n) is 5.50. The molecule has 0 saturated heterocycles. The monoisotopic (exact) mass is 344 g/mol. The Morgan fingerprint density at radius 2 is 2.14 bits per heavy atom. The molecule has 1 fully saturated rings. The van der Waals surface area contributed by atoms with E-state index in [0.717, 1.165) is 34.1 Å². The highest BCUT2D eigenvalue weighted by molar-refractivity contribution is 9.10. The summed E-state index contributed by atoms with van der Waals surface area (Å²) >= 11 is 3.47. The van der Waals surface area contributed by atoms with Gasteiger partial charge >= 0.3 is 0 Å². The van der Waals surface area contributed by atoms with Gasteiger partial charge in [0.25, 0.3) is 5.91 Å². The molecule has 0 unspecified atom stereocenters. The van der Waals surface area contributed by atoms with Crippen LogP contribution in [0.5, 0.6) is 0 Å². The first-order valence-corrected chi connectivity index (χ1v) is 7.91. The van der Waals surface area contributed by atoms with Crippen LogP contribution in [0.3, 0.4) is 0 Å². The van der Waals surface area contributed by atoms with E-state index in [0.29, 0.717) is 12.6 Å². The minimum Gasteiger partial charge on any atom is -0.330 e. The Morgan fingerprint density at radius 1 is 1.33 bits per heavy atom. The van der Waals surface area contributed by atoms with Crippen molar-refractivity contribution in [3.8, 4) is 0 Å². The van der Waals surface area contributed by atoms with E-state index in [1.165, 1.54) is 0 Å². The van der Waals surface area contributed by atoms with E-state index in [1.807, 2.05) is 48.2 Å². The van der Waals surface area contributed by atoms with Gasteiger partial charge in [-0.25, -0.2) is 0 Å². The molecule has 1 saturated carbocycles. The minimum atomic E-state index is 0.0903. The van der Waals surface area contributed by atoms with Gasteiger partial charge in [-0.3, -0.25) is 9.78 Å². The molecular weight excluding hydrogens is 328 g/mol.